The van der Waals surface area contributed by atoms with Crippen LogP contribution in [0.25, 0.3) is 0 Å². The fourth-order valence-electron chi connectivity index (χ4n) is 2.32. The number of carbonyl (C=O) groups is 5. The minimum atomic E-state index is -2.57. The summed E-state index contributed by atoms with van der Waals surface area (Å²) in [5.41, 5.74) is -2.57. The normalized spacial score (nSPS) is 15.3. The van der Waals surface area contributed by atoms with Crippen LogP contribution in [0, 0.1) is 0 Å². The van der Waals surface area contributed by atoms with E-state index in [2.05, 4.69) is 9.47 Å². The van der Waals surface area contributed by atoms with Gasteiger partial charge in [0.1, 0.15) is 6.10 Å². The second-order valence-electron chi connectivity index (χ2n) is 5.22. The predicted molar refractivity (Wildman–Crippen MR) is 71.5 cm³/mol. The third-order valence-electron chi connectivity index (χ3n) is 3.44. The lowest BCUT2D eigenvalue weighted by Gasteiger charge is -2.28. The Kier molecular flexibility index (Phi) is 7.33. The van der Waals surface area contributed by atoms with Gasteiger partial charge in [0.25, 0.3) is 0 Å². The molecule has 9 nitrogen and oxygen atoms in total. The van der Waals surface area contributed by atoms with Gasteiger partial charge in [0.15, 0.2) is 5.60 Å². The molecule has 1 saturated carbocycles. The number of ether oxygens (including phenoxy) is 3. The number of aliphatic hydroxyl groups is 1. The van der Waals surface area contributed by atoms with Crippen LogP contribution in [0.2, 0.25) is 0 Å². The summed E-state index contributed by atoms with van der Waals surface area (Å²) < 4.78 is 13.2. The van der Waals surface area contributed by atoms with Crippen molar-refractivity contribution < 1.29 is 43.3 Å². The van der Waals surface area contributed by atoms with Gasteiger partial charge in [-0.05, 0) is 25.7 Å². The highest BCUT2D eigenvalue weighted by Gasteiger charge is 2.44. The van der Waals surface area contributed by atoms with Gasteiger partial charge in [-0.3, -0.25) is 19.2 Å². The van der Waals surface area contributed by atoms with Crippen LogP contribution >= 0.6 is 0 Å². The second kappa shape index (κ2) is 8.99. The SMILES string of the molecule is O=COC(=O)CC(O)(CC(=O)OC=O)C(=O)OC1CCCCC1. The van der Waals surface area contributed by atoms with Gasteiger partial charge in [-0.1, -0.05) is 6.42 Å². The van der Waals surface area contributed by atoms with Crippen LogP contribution in [0.3, 0.4) is 0 Å². The molecule has 0 bridgehead atoms. The van der Waals surface area contributed by atoms with E-state index in [1.165, 1.54) is 0 Å². The van der Waals surface area contributed by atoms with Gasteiger partial charge >= 0.3 is 30.9 Å². The Morgan fingerprint density at radius 2 is 1.43 bits per heavy atom. The van der Waals surface area contributed by atoms with Crippen LogP contribution in [0.4, 0.5) is 0 Å². The van der Waals surface area contributed by atoms with Crippen molar-refractivity contribution in [1.82, 2.24) is 0 Å². The van der Waals surface area contributed by atoms with Gasteiger partial charge in [0, 0.05) is 0 Å². The predicted octanol–water partition coefficient (Wildman–Crippen LogP) is -0.227. The van der Waals surface area contributed by atoms with Crippen molar-refractivity contribution in [3.8, 4) is 0 Å². The fourth-order valence-corrected chi connectivity index (χ4v) is 2.32. The molecule has 9 heteroatoms. The highest BCUT2D eigenvalue weighted by atomic mass is 16.6. The lowest BCUT2D eigenvalue weighted by molar-refractivity contribution is -0.183. The van der Waals surface area contributed by atoms with Crippen LogP contribution in [-0.4, -0.2) is 47.7 Å². The van der Waals surface area contributed by atoms with Crippen molar-refractivity contribution in [2.24, 2.45) is 0 Å². The first kappa shape index (κ1) is 18.8. The zero-order valence-electron chi connectivity index (χ0n) is 12.4. The van der Waals surface area contributed by atoms with Gasteiger partial charge in [0.05, 0.1) is 12.8 Å². The molecule has 0 aromatic heterocycles. The van der Waals surface area contributed by atoms with Gasteiger partial charge in [-0.2, -0.15) is 0 Å². The summed E-state index contributed by atoms with van der Waals surface area (Å²) in [5.74, 6) is -3.64. The Bertz CT molecular complexity index is 441. The lowest BCUT2D eigenvalue weighted by Crippen LogP contribution is -2.46. The summed E-state index contributed by atoms with van der Waals surface area (Å²) in [6.45, 7) is -0.335. The molecule has 1 fully saturated rings. The van der Waals surface area contributed by atoms with E-state index in [0.29, 0.717) is 12.8 Å². The summed E-state index contributed by atoms with van der Waals surface area (Å²) in [7, 11) is 0. The first-order valence-electron chi connectivity index (χ1n) is 7.11. The molecule has 0 amide bonds. The molecule has 0 spiro atoms. The molecule has 0 heterocycles. The molecule has 1 rings (SSSR count). The van der Waals surface area contributed by atoms with E-state index in [0.717, 1.165) is 19.3 Å². The molecule has 0 unspecified atom stereocenters. The maximum Gasteiger partial charge on any atom is 0.339 e. The molecule has 1 aliphatic rings. The zero-order chi connectivity index (χ0) is 17.3. The zero-order valence-corrected chi connectivity index (χ0v) is 12.4. The molecule has 1 aliphatic carbocycles. The average Bonchev–Trinajstić information content (AvgIpc) is 2.48. The second-order valence-corrected chi connectivity index (χ2v) is 5.22. The maximum absolute atomic E-state index is 12.1. The quantitative estimate of drug-likeness (QED) is 0.277. The molecule has 128 valence electrons. The van der Waals surface area contributed by atoms with E-state index >= 15 is 0 Å². The number of hydrogen-bond donors (Lipinski definition) is 1. The fraction of sp³-hybridized carbons (Fsp3) is 0.643. The molecule has 0 radical (unpaired) electrons. The minimum Gasteiger partial charge on any atom is -0.460 e. The van der Waals surface area contributed by atoms with Gasteiger partial charge in [-0.25, -0.2) is 4.79 Å². The van der Waals surface area contributed by atoms with Gasteiger partial charge < -0.3 is 19.3 Å². The van der Waals surface area contributed by atoms with Crippen molar-refractivity contribution in [1.29, 1.82) is 0 Å². The van der Waals surface area contributed by atoms with E-state index in [9.17, 15) is 29.1 Å². The average molecular weight is 330 g/mol. The summed E-state index contributed by atoms with van der Waals surface area (Å²) in [4.78, 5) is 55.1. The summed E-state index contributed by atoms with van der Waals surface area (Å²) in [5, 5.41) is 10.3. The number of carbonyl (C=O) groups excluding carboxylic acids is 5. The maximum atomic E-state index is 12.1. The van der Waals surface area contributed by atoms with Crippen LogP contribution in [0.15, 0.2) is 0 Å². The molecular weight excluding hydrogens is 312 g/mol. The summed E-state index contributed by atoms with van der Waals surface area (Å²) in [6, 6.07) is 0. The lowest BCUT2D eigenvalue weighted by atomic mass is 9.94. The molecule has 0 aliphatic heterocycles. The van der Waals surface area contributed by atoms with Crippen molar-refractivity contribution in [2.45, 2.75) is 56.7 Å². The first-order chi connectivity index (χ1) is 10.9. The summed E-state index contributed by atoms with van der Waals surface area (Å²) in [6.07, 6.45) is 1.56. The van der Waals surface area contributed by atoms with Crippen LogP contribution in [0.1, 0.15) is 44.9 Å². The molecule has 1 N–H and O–H groups in total. The number of hydrogen-bond acceptors (Lipinski definition) is 9. The van der Waals surface area contributed by atoms with Crippen molar-refractivity contribution in [3.63, 3.8) is 0 Å². The van der Waals surface area contributed by atoms with Crippen LogP contribution < -0.4 is 0 Å². The third-order valence-corrected chi connectivity index (χ3v) is 3.44. The Balaban J connectivity index is 2.79. The van der Waals surface area contributed by atoms with Gasteiger partial charge in [-0.15, -0.1) is 0 Å². The highest BCUT2D eigenvalue weighted by molar-refractivity contribution is 5.92. The summed E-state index contributed by atoms with van der Waals surface area (Å²) >= 11 is 0. The van der Waals surface area contributed by atoms with Crippen molar-refractivity contribution >= 4 is 30.9 Å². The van der Waals surface area contributed by atoms with Gasteiger partial charge in [0.2, 0.25) is 0 Å². The van der Waals surface area contributed by atoms with Crippen molar-refractivity contribution in [3.05, 3.63) is 0 Å². The molecule has 0 saturated heterocycles. The highest BCUT2D eigenvalue weighted by Crippen LogP contribution is 2.25. The largest absolute Gasteiger partial charge is 0.460 e. The molecule has 23 heavy (non-hydrogen) atoms. The van der Waals surface area contributed by atoms with Crippen LogP contribution in [-0.2, 0) is 38.2 Å². The Morgan fingerprint density at radius 1 is 0.957 bits per heavy atom. The van der Waals surface area contributed by atoms with E-state index in [1.54, 1.807) is 0 Å². The van der Waals surface area contributed by atoms with E-state index < -0.39 is 42.5 Å². The molecule has 0 aromatic carbocycles. The smallest absolute Gasteiger partial charge is 0.339 e. The van der Waals surface area contributed by atoms with E-state index in [-0.39, 0.29) is 12.9 Å². The monoisotopic (exact) mass is 330 g/mol. The molecular formula is C14H18O9. The molecule has 0 atom stereocenters. The number of esters is 3. The first-order valence-corrected chi connectivity index (χ1v) is 7.11. The van der Waals surface area contributed by atoms with Crippen molar-refractivity contribution in [2.75, 3.05) is 0 Å². The topological polar surface area (TPSA) is 133 Å². The Labute approximate surface area is 131 Å². The van der Waals surface area contributed by atoms with E-state index in [4.69, 9.17) is 4.74 Å². The standard InChI is InChI=1S/C14H18O9/c15-8-21-11(17)6-14(20,7-12(18)22-9-16)13(19)23-10-4-2-1-3-5-10/h8-10,20H,1-7H2. The minimum absolute atomic E-state index is 0.168. The van der Waals surface area contributed by atoms with E-state index in [1.807, 2.05) is 0 Å². The van der Waals surface area contributed by atoms with Crippen LogP contribution in [0.5, 0.6) is 0 Å². The molecule has 0 aromatic rings. The Hall–Kier alpha value is -2.29. The number of rotatable bonds is 8. The Morgan fingerprint density at radius 3 is 1.87 bits per heavy atom. The third kappa shape index (κ3) is 6.15.